The minimum atomic E-state index is -3.14. The molecule has 88 valence electrons. The van der Waals surface area contributed by atoms with E-state index in [1.807, 2.05) is 0 Å². The van der Waals surface area contributed by atoms with Crippen molar-refractivity contribution in [2.75, 3.05) is 13.7 Å². The zero-order valence-corrected chi connectivity index (χ0v) is 8.54. The number of aliphatic hydroxyl groups is 2. The van der Waals surface area contributed by atoms with Gasteiger partial charge in [-0.3, -0.25) is 4.79 Å². The molecule has 1 rings (SSSR count). The van der Waals surface area contributed by atoms with Crippen LogP contribution < -0.4 is 0 Å². The predicted octanol–water partition coefficient (Wildman–Crippen LogP) is 0.174. The van der Waals surface area contributed by atoms with Gasteiger partial charge in [-0.2, -0.15) is 0 Å². The van der Waals surface area contributed by atoms with Gasteiger partial charge in [0.25, 0.3) is 5.92 Å². The topological polar surface area (TPSA) is 66.8 Å². The van der Waals surface area contributed by atoms with Crippen molar-refractivity contribution >= 4 is 5.97 Å². The maximum atomic E-state index is 13.3. The van der Waals surface area contributed by atoms with Crippen molar-refractivity contribution in [3.8, 4) is 0 Å². The van der Waals surface area contributed by atoms with Gasteiger partial charge in [-0.1, -0.05) is 6.92 Å². The van der Waals surface area contributed by atoms with Crippen molar-refractivity contribution in [1.82, 2.24) is 0 Å². The molecule has 0 unspecified atom stereocenters. The summed E-state index contributed by atoms with van der Waals surface area (Å²) in [5, 5.41) is 17.8. The molecular weight excluding hydrogens is 210 g/mol. The number of alkyl halides is 2. The Kier molecular flexibility index (Phi) is 3.02. The highest BCUT2D eigenvalue weighted by molar-refractivity contribution is 5.71. The first kappa shape index (κ1) is 12.3. The summed E-state index contributed by atoms with van der Waals surface area (Å²) in [6.45, 7) is 0.463. The summed E-state index contributed by atoms with van der Waals surface area (Å²) >= 11 is 0. The highest BCUT2D eigenvalue weighted by Crippen LogP contribution is 2.68. The number of carbonyl (C=O) groups is 1. The highest BCUT2D eigenvalue weighted by atomic mass is 19.3. The van der Waals surface area contributed by atoms with E-state index in [1.54, 1.807) is 0 Å². The SMILES string of the molecule is COC(=O)C[C@]1(C)[C@H]([C@H](O)CO)C1(F)F. The molecule has 3 atom stereocenters. The molecule has 2 N–H and O–H groups in total. The van der Waals surface area contributed by atoms with Gasteiger partial charge in [-0.15, -0.1) is 0 Å². The van der Waals surface area contributed by atoms with Crippen LogP contribution in [-0.2, 0) is 9.53 Å². The monoisotopic (exact) mass is 224 g/mol. The second-order valence-electron chi connectivity index (χ2n) is 4.02. The molecule has 0 aromatic carbocycles. The number of hydrogen-bond acceptors (Lipinski definition) is 4. The fraction of sp³-hybridized carbons (Fsp3) is 0.889. The van der Waals surface area contributed by atoms with Crippen LogP contribution in [0.3, 0.4) is 0 Å². The van der Waals surface area contributed by atoms with Crippen molar-refractivity contribution < 1.29 is 28.5 Å². The summed E-state index contributed by atoms with van der Waals surface area (Å²) in [4.78, 5) is 10.9. The minimum Gasteiger partial charge on any atom is -0.469 e. The Balaban J connectivity index is 2.74. The lowest BCUT2D eigenvalue weighted by molar-refractivity contribution is -0.143. The van der Waals surface area contributed by atoms with Crippen molar-refractivity contribution in [1.29, 1.82) is 0 Å². The lowest BCUT2D eigenvalue weighted by atomic mass is 9.99. The number of halogens is 2. The van der Waals surface area contributed by atoms with E-state index in [4.69, 9.17) is 5.11 Å². The summed E-state index contributed by atoms with van der Waals surface area (Å²) in [6.07, 6.45) is -1.97. The summed E-state index contributed by atoms with van der Waals surface area (Å²) in [5.74, 6) is -5.26. The standard InChI is InChI=1S/C9H14F2O4/c1-8(3-6(14)15-2)7(5(13)4-12)9(8,10)11/h5,7,12-13H,3-4H2,1-2H3/t5-,7+,8-/m1/s1. The normalized spacial score (nSPS) is 34.7. The number of hydrogen-bond donors (Lipinski definition) is 2. The smallest absolute Gasteiger partial charge is 0.306 e. The molecule has 1 aliphatic rings. The van der Waals surface area contributed by atoms with Crippen LogP contribution in [0.5, 0.6) is 0 Å². The number of rotatable bonds is 4. The van der Waals surface area contributed by atoms with Gasteiger partial charge in [0.2, 0.25) is 0 Å². The van der Waals surface area contributed by atoms with Gasteiger partial charge in [0, 0.05) is 0 Å². The largest absolute Gasteiger partial charge is 0.469 e. The van der Waals surface area contributed by atoms with Crippen LogP contribution in [0.1, 0.15) is 13.3 Å². The molecule has 0 aliphatic heterocycles. The molecule has 0 radical (unpaired) electrons. The molecule has 1 fully saturated rings. The number of aliphatic hydroxyl groups excluding tert-OH is 2. The molecule has 1 aliphatic carbocycles. The number of esters is 1. The van der Waals surface area contributed by atoms with Gasteiger partial charge < -0.3 is 14.9 Å². The van der Waals surface area contributed by atoms with E-state index < -0.39 is 42.4 Å². The van der Waals surface area contributed by atoms with Crippen LogP contribution in [0.15, 0.2) is 0 Å². The van der Waals surface area contributed by atoms with E-state index in [0.29, 0.717) is 0 Å². The van der Waals surface area contributed by atoms with Gasteiger partial charge >= 0.3 is 5.97 Å². The van der Waals surface area contributed by atoms with Gasteiger partial charge in [0.05, 0.1) is 37.6 Å². The molecule has 0 aromatic rings. The molecule has 0 amide bonds. The molecule has 0 spiro atoms. The first-order chi connectivity index (χ1) is 6.81. The Morgan fingerprint density at radius 2 is 2.13 bits per heavy atom. The number of methoxy groups -OCH3 is 1. The third kappa shape index (κ3) is 1.72. The molecule has 15 heavy (non-hydrogen) atoms. The lowest BCUT2D eigenvalue weighted by Gasteiger charge is -2.09. The Morgan fingerprint density at radius 3 is 2.53 bits per heavy atom. The molecule has 0 saturated heterocycles. The summed E-state index contributed by atoms with van der Waals surface area (Å²) in [6, 6.07) is 0. The maximum Gasteiger partial charge on any atom is 0.306 e. The molecule has 0 heterocycles. The van der Waals surface area contributed by atoms with Crippen molar-refractivity contribution in [2.24, 2.45) is 11.3 Å². The van der Waals surface area contributed by atoms with E-state index in [9.17, 15) is 18.7 Å². The second-order valence-corrected chi connectivity index (χ2v) is 4.02. The predicted molar refractivity (Wildman–Crippen MR) is 46.3 cm³/mol. The Bertz CT molecular complexity index is 269. The van der Waals surface area contributed by atoms with Crippen LogP contribution >= 0.6 is 0 Å². The zero-order chi connectivity index (χ0) is 11.9. The Morgan fingerprint density at radius 1 is 1.60 bits per heavy atom. The van der Waals surface area contributed by atoms with Crippen molar-refractivity contribution in [3.05, 3.63) is 0 Å². The molecule has 6 heteroatoms. The average molecular weight is 224 g/mol. The second kappa shape index (κ2) is 3.68. The first-order valence-electron chi connectivity index (χ1n) is 4.54. The van der Waals surface area contributed by atoms with Crippen LogP contribution in [0, 0.1) is 11.3 Å². The molecular formula is C9H14F2O4. The van der Waals surface area contributed by atoms with E-state index in [-0.39, 0.29) is 0 Å². The van der Waals surface area contributed by atoms with Gasteiger partial charge in [-0.05, 0) is 0 Å². The molecule has 0 aromatic heterocycles. The third-order valence-electron chi connectivity index (χ3n) is 3.07. The lowest BCUT2D eigenvalue weighted by Crippen LogP contribution is -2.20. The molecule has 1 saturated carbocycles. The van der Waals surface area contributed by atoms with Crippen molar-refractivity contribution in [3.63, 3.8) is 0 Å². The maximum absolute atomic E-state index is 13.3. The molecule has 0 bridgehead atoms. The van der Waals surface area contributed by atoms with E-state index in [2.05, 4.69) is 4.74 Å². The van der Waals surface area contributed by atoms with E-state index in [1.165, 1.54) is 6.92 Å². The summed E-state index contributed by atoms with van der Waals surface area (Å²) < 4.78 is 30.9. The van der Waals surface area contributed by atoms with Gasteiger partial charge in [-0.25, -0.2) is 8.78 Å². The highest BCUT2D eigenvalue weighted by Gasteiger charge is 2.80. The fourth-order valence-electron chi connectivity index (χ4n) is 1.99. The Labute approximate surface area is 85.8 Å². The quantitative estimate of drug-likeness (QED) is 0.668. The summed E-state index contributed by atoms with van der Waals surface area (Å²) in [7, 11) is 1.11. The number of carbonyl (C=O) groups excluding carboxylic acids is 1. The summed E-state index contributed by atoms with van der Waals surface area (Å²) in [5.41, 5.74) is -1.61. The van der Waals surface area contributed by atoms with Gasteiger partial charge in [0.15, 0.2) is 0 Å². The fourth-order valence-corrected chi connectivity index (χ4v) is 1.99. The van der Waals surface area contributed by atoms with Crippen LogP contribution in [-0.4, -0.2) is 41.9 Å². The van der Waals surface area contributed by atoms with Gasteiger partial charge in [0.1, 0.15) is 0 Å². The van der Waals surface area contributed by atoms with Crippen LogP contribution in [0.2, 0.25) is 0 Å². The van der Waals surface area contributed by atoms with Crippen LogP contribution in [0.4, 0.5) is 8.78 Å². The first-order valence-corrected chi connectivity index (χ1v) is 4.54. The van der Waals surface area contributed by atoms with E-state index >= 15 is 0 Å². The van der Waals surface area contributed by atoms with Crippen LogP contribution in [0.25, 0.3) is 0 Å². The minimum absolute atomic E-state index is 0.460. The number of ether oxygens (including phenoxy) is 1. The van der Waals surface area contributed by atoms with E-state index in [0.717, 1.165) is 7.11 Å². The average Bonchev–Trinajstić information content (AvgIpc) is 2.59. The Hall–Kier alpha value is -0.750. The third-order valence-corrected chi connectivity index (χ3v) is 3.07. The zero-order valence-electron chi connectivity index (χ0n) is 8.54. The molecule has 4 nitrogen and oxygen atoms in total. The van der Waals surface area contributed by atoms with Crippen molar-refractivity contribution in [2.45, 2.75) is 25.4 Å².